The summed E-state index contributed by atoms with van der Waals surface area (Å²) in [5.41, 5.74) is 2.38. The summed E-state index contributed by atoms with van der Waals surface area (Å²) in [6.07, 6.45) is 6.39. The second kappa shape index (κ2) is 7.07. The molecule has 19 heavy (non-hydrogen) atoms. The van der Waals surface area contributed by atoms with Gasteiger partial charge in [0.25, 0.3) is 0 Å². The fourth-order valence-electron chi connectivity index (χ4n) is 2.07. The van der Waals surface area contributed by atoms with E-state index < -0.39 is 0 Å². The summed E-state index contributed by atoms with van der Waals surface area (Å²) in [6, 6.07) is 8.42. The summed E-state index contributed by atoms with van der Waals surface area (Å²) >= 11 is 0. The van der Waals surface area contributed by atoms with Gasteiger partial charge in [-0.1, -0.05) is 50.0 Å². The van der Waals surface area contributed by atoms with Crippen LogP contribution in [0.2, 0.25) is 0 Å². The molecule has 0 atom stereocenters. The van der Waals surface area contributed by atoms with E-state index >= 15 is 0 Å². The molecule has 1 aromatic heterocycles. The quantitative estimate of drug-likeness (QED) is 0.696. The van der Waals surface area contributed by atoms with Crippen molar-refractivity contribution in [1.29, 1.82) is 0 Å². The Morgan fingerprint density at radius 1 is 1.21 bits per heavy atom. The Labute approximate surface area is 115 Å². The summed E-state index contributed by atoms with van der Waals surface area (Å²) in [4.78, 5) is 4.39. The highest BCUT2D eigenvalue weighted by atomic mass is 16.5. The number of benzene rings is 1. The smallest absolute Gasteiger partial charge is 0.226 e. The Morgan fingerprint density at radius 2 is 2.11 bits per heavy atom. The van der Waals surface area contributed by atoms with Crippen LogP contribution in [0.25, 0.3) is 11.4 Å². The summed E-state index contributed by atoms with van der Waals surface area (Å²) in [7, 11) is 0. The van der Waals surface area contributed by atoms with Crippen LogP contribution in [0.4, 0.5) is 0 Å². The molecular formula is C16H21N2O. The van der Waals surface area contributed by atoms with Crippen LogP contribution in [0.1, 0.15) is 44.1 Å². The Morgan fingerprint density at radius 3 is 2.89 bits per heavy atom. The van der Waals surface area contributed by atoms with Crippen LogP contribution in [0.3, 0.4) is 0 Å². The molecule has 0 aliphatic heterocycles. The molecule has 2 rings (SSSR count). The average molecular weight is 257 g/mol. The second-order valence-electron chi connectivity index (χ2n) is 4.77. The number of unbranched alkanes of at least 4 members (excludes halogenated alkanes) is 2. The van der Waals surface area contributed by atoms with Gasteiger partial charge in [0, 0.05) is 12.0 Å². The van der Waals surface area contributed by atoms with Crippen LogP contribution in [-0.2, 0) is 12.8 Å². The van der Waals surface area contributed by atoms with Crippen molar-refractivity contribution in [3.8, 4) is 11.4 Å². The minimum absolute atomic E-state index is 0.668. The van der Waals surface area contributed by atoms with Gasteiger partial charge in [-0.25, -0.2) is 0 Å². The highest BCUT2D eigenvalue weighted by Gasteiger charge is 2.08. The highest BCUT2D eigenvalue weighted by Crippen LogP contribution is 2.19. The van der Waals surface area contributed by atoms with Gasteiger partial charge in [0.2, 0.25) is 11.7 Å². The van der Waals surface area contributed by atoms with E-state index in [1.54, 1.807) is 0 Å². The van der Waals surface area contributed by atoms with Crippen LogP contribution in [0.5, 0.6) is 0 Å². The van der Waals surface area contributed by atoms with Crippen molar-refractivity contribution in [2.75, 3.05) is 0 Å². The average Bonchev–Trinajstić information content (AvgIpc) is 2.89. The lowest BCUT2D eigenvalue weighted by molar-refractivity contribution is 0.379. The first-order chi connectivity index (χ1) is 9.33. The van der Waals surface area contributed by atoms with Crippen molar-refractivity contribution in [2.45, 2.75) is 45.4 Å². The third kappa shape index (κ3) is 3.91. The number of hydrogen-bond acceptors (Lipinski definition) is 3. The number of aromatic nitrogens is 2. The molecule has 1 radical (unpaired) electrons. The molecule has 0 N–H and O–H groups in total. The van der Waals surface area contributed by atoms with Gasteiger partial charge in [-0.05, 0) is 30.9 Å². The lowest BCUT2D eigenvalue weighted by Crippen LogP contribution is -1.88. The molecule has 0 saturated carbocycles. The molecule has 3 heteroatoms. The lowest BCUT2D eigenvalue weighted by atomic mass is 10.0. The van der Waals surface area contributed by atoms with Crippen molar-refractivity contribution in [3.63, 3.8) is 0 Å². The Bertz CT molecular complexity index is 505. The zero-order valence-corrected chi connectivity index (χ0v) is 11.6. The first-order valence-electron chi connectivity index (χ1n) is 7.04. The van der Waals surface area contributed by atoms with Crippen molar-refractivity contribution < 1.29 is 4.52 Å². The van der Waals surface area contributed by atoms with Gasteiger partial charge in [0.1, 0.15) is 0 Å². The number of rotatable bonds is 7. The van der Waals surface area contributed by atoms with Gasteiger partial charge in [-0.2, -0.15) is 4.98 Å². The van der Waals surface area contributed by atoms with Crippen molar-refractivity contribution in [1.82, 2.24) is 10.1 Å². The van der Waals surface area contributed by atoms with E-state index in [-0.39, 0.29) is 0 Å². The van der Waals surface area contributed by atoms with Gasteiger partial charge in [0.05, 0.1) is 0 Å². The van der Waals surface area contributed by atoms with Crippen molar-refractivity contribution >= 4 is 0 Å². The van der Waals surface area contributed by atoms with Crippen LogP contribution in [0, 0.1) is 6.92 Å². The third-order valence-electron chi connectivity index (χ3n) is 3.11. The second-order valence-corrected chi connectivity index (χ2v) is 4.77. The first kappa shape index (κ1) is 13.8. The molecule has 3 nitrogen and oxygen atoms in total. The number of aryl methyl sites for hydroxylation is 2. The summed E-state index contributed by atoms with van der Waals surface area (Å²) in [6.45, 7) is 6.01. The van der Waals surface area contributed by atoms with E-state index in [1.165, 1.54) is 24.8 Å². The van der Waals surface area contributed by atoms with E-state index in [9.17, 15) is 0 Å². The Kier molecular flexibility index (Phi) is 5.13. The monoisotopic (exact) mass is 257 g/mol. The zero-order valence-electron chi connectivity index (χ0n) is 11.6. The largest absolute Gasteiger partial charge is 0.339 e. The van der Waals surface area contributed by atoms with Crippen LogP contribution in [0.15, 0.2) is 28.8 Å². The molecule has 101 valence electrons. The van der Waals surface area contributed by atoms with Crippen LogP contribution < -0.4 is 0 Å². The summed E-state index contributed by atoms with van der Waals surface area (Å²) in [5, 5.41) is 4.03. The van der Waals surface area contributed by atoms with Crippen molar-refractivity contribution in [2.24, 2.45) is 0 Å². The Balaban J connectivity index is 2.08. The molecule has 0 saturated heterocycles. The fourth-order valence-corrected chi connectivity index (χ4v) is 2.07. The van der Waals surface area contributed by atoms with Gasteiger partial charge >= 0.3 is 0 Å². The first-order valence-corrected chi connectivity index (χ1v) is 7.04. The minimum Gasteiger partial charge on any atom is -0.339 e. The molecule has 1 heterocycles. The molecule has 0 amide bonds. The van der Waals surface area contributed by atoms with Crippen LogP contribution in [-0.4, -0.2) is 10.1 Å². The van der Waals surface area contributed by atoms with E-state index in [1.807, 2.05) is 6.07 Å². The van der Waals surface area contributed by atoms with E-state index in [2.05, 4.69) is 42.2 Å². The van der Waals surface area contributed by atoms with Gasteiger partial charge in [-0.3, -0.25) is 0 Å². The third-order valence-corrected chi connectivity index (χ3v) is 3.11. The SMILES string of the molecule is [CH2]CCc1nc(-c2cccc(CCCCC)c2)no1. The van der Waals surface area contributed by atoms with E-state index in [0.29, 0.717) is 11.7 Å². The molecule has 0 unspecified atom stereocenters. The normalized spacial score (nSPS) is 10.8. The molecule has 0 spiro atoms. The van der Waals surface area contributed by atoms with Gasteiger partial charge < -0.3 is 4.52 Å². The Hall–Kier alpha value is -1.64. The molecule has 0 bridgehead atoms. The zero-order chi connectivity index (χ0) is 13.5. The predicted molar refractivity (Wildman–Crippen MR) is 76.6 cm³/mol. The molecule has 0 aliphatic rings. The molecule has 1 aromatic carbocycles. The fraction of sp³-hybridized carbons (Fsp3) is 0.438. The maximum absolute atomic E-state index is 5.20. The molecule has 2 aromatic rings. The predicted octanol–water partition coefficient (Wildman–Crippen LogP) is 4.24. The van der Waals surface area contributed by atoms with E-state index in [4.69, 9.17) is 4.52 Å². The van der Waals surface area contributed by atoms with Crippen molar-refractivity contribution in [3.05, 3.63) is 42.6 Å². The highest BCUT2D eigenvalue weighted by molar-refractivity contribution is 5.55. The van der Waals surface area contributed by atoms with Gasteiger partial charge in [0.15, 0.2) is 0 Å². The minimum atomic E-state index is 0.668. The topological polar surface area (TPSA) is 38.9 Å². The number of hydrogen-bond donors (Lipinski definition) is 0. The maximum Gasteiger partial charge on any atom is 0.226 e. The lowest BCUT2D eigenvalue weighted by Gasteiger charge is -2.02. The van der Waals surface area contributed by atoms with Gasteiger partial charge in [-0.15, -0.1) is 0 Å². The molecular weight excluding hydrogens is 236 g/mol. The standard InChI is InChI=1S/C16H21N2O/c1-3-5-6-9-13-10-7-11-14(12-13)16-17-15(8-4-2)19-18-16/h7,10-12H,2-6,8-9H2,1H3. The maximum atomic E-state index is 5.20. The number of nitrogens with zero attached hydrogens (tertiary/aromatic N) is 2. The molecule has 0 fully saturated rings. The summed E-state index contributed by atoms with van der Waals surface area (Å²) < 4.78 is 5.20. The summed E-state index contributed by atoms with van der Waals surface area (Å²) in [5.74, 6) is 1.35. The van der Waals surface area contributed by atoms with Crippen LogP contribution >= 0.6 is 0 Å². The molecule has 0 aliphatic carbocycles. The van der Waals surface area contributed by atoms with E-state index in [0.717, 1.165) is 24.8 Å².